The number of hydrogen-bond acceptors (Lipinski definition) is 5. The molecule has 6 heteroatoms. The Hall–Kier alpha value is -2.63. The standard InChI is InChI=1S/C15H13N3O3/c19-15(18-6-10-5-16-9-17-11(10)7-18)14-8-20-12-3-1-2-4-13(12)21-14/h1-5,9,14H,6-8H2/t14-/m0/s1. The molecule has 0 saturated carbocycles. The third-order valence-electron chi connectivity index (χ3n) is 3.68. The van der Waals surface area contributed by atoms with Gasteiger partial charge in [-0.2, -0.15) is 0 Å². The van der Waals surface area contributed by atoms with Gasteiger partial charge in [0.15, 0.2) is 11.5 Å². The molecule has 1 atom stereocenters. The maximum atomic E-state index is 12.6. The van der Waals surface area contributed by atoms with Crippen LogP contribution in [0, 0.1) is 0 Å². The predicted molar refractivity (Wildman–Crippen MR) is 72.6 cm³/mol. The third-order valence-corrected chi connectivity index (χ3v) is 3.68. The molecule has 1 amide bonds. The van der Waals surface area contributed by atoms with E-state index in [4.69, 9.17) is 9.47 Å². The van der Waals surface area contributed by atoms with Gasteiger partial charge >= 0.3 is 0 Å². The molecule has 0 saturated heterocycles. The highest BCUT2D eigenvalue weighted by molar-refractivity contribution is 5.82. The maximum absolute atomic E-state index is 12.6. The van der Waals surface area contributed by atoms with E-state index in [9.17, 15) is 4.79 Å². The molecule has 3 heterocycles. The number of carbonyl (C=O) groups is 1. The highest BCUT2D eigenvalue weighted by atomic mass is 16.6. The minimum absolute atomic E-state index is 0.0810. The topological polar surface area (TPSA) is 64.6 Å². The summed E-state index contributed by atoms with van der Waals surface area (Å²) in [6.07, 6.45) is 2.65. The van der Waals surface area contributed by atoms with Crippen LogP contribution in [0.4, 0.5) is 0 Å². The number of benzene rings is 1. The first-order valence-electron chi connectivity index (χ1n) is 6.76. The lowest BCUT2D eigenvalue weighted by Gasteiger charge is -2.28. The summed E-state index contributed by atoms with van der Waals surface area (Å²) in [5, 5.41) is 0. The van der Waals surface area contributed by atoms with E-state index < -0.39 is 6.10 Å². The largest absolute Gasteiger partial charge is 0.485 e. The van der Waals surface area contributed by atoms with Crippen molar-refractivity contribution in [1.29, 1.82) is 0 Å². The van der Waals surface area contributed by atoms with E-state index in [2.05, 4.69) is 9.97 Å². The van der Waals surface area contributed by atoms with Gasteiger partial charge in [-0.3, -0.25) is 4.79 Å². The van der Waals surface area contributed by atoms with E-state index in [0.29, 0.717) is 24.6 Å². The minimum Gasteiger partial charge on any atom is -0.485 e. The van der Waals surface area contributed by atoms with E-state index >= 15 is 0 Å². The van der Waals surface area contributed by atoms with Crippen molar-refractivity contribution < 1.29 is 14.3 Å². The first kappa shape index (κ1) is 12.1. The van der Waals surface area contributed by atoms with Gasteiger partial charge in [0.2, 0.25) is 6.10 Å². The Kier molecular flexibility index (Phi) is 2.73. The Morgan fingerprint density at radius 2 is 2.10 bits per heavy atom. The number of aromatic nitrogens is 2. The third kappa shape index (κ3) is 2.08. The van der Waals surface area contributed by atoms with E-state index in [0.717, 1.165) is 11.3 Å². The first-order valence-corrected chi connectivity index (χ1v) is 6.76. The molecule has 6 nitrogen and oxygen atoms in total. The van der Waals surface area contributed by atoms with Gasteiger partial charge in [-0.15, -0.1) is 0 Å². The molecule has 1 aromatic carbocycles. The number of ether oxygens (including phenoxy) is 2. The second-order valence-electron chi connectivity index (χ2n) is 5.05. The van der Waals surface area contributed by atoms with Gasteiger partial charge in [-0.05, 0) is 12.1 Å². The molecule has 2 aliphatic rings. The lowest BCUT2D eigenvalue weighted by Crippen LogP contribution is -2.44. The summed E-state index contributed by atoms with van der Waals surface area (Å²) in [6.45, 7) is 1.25. The smallest absolute Gasteiger partial charge is 0.267 e. The van der Waals surface area contributed by atoms with Crippen LogP contribution in [0.5, 0.6) is 11.5 Å². The monoisotopic (exact) mass is 283 g/mol. The van der Waals surface area contributed by atoms with Gasteiger partial charge in [0.25, 0.3) is 5.91 Å². The fraction of sp³-hybridized carbons (Fsp3) is 0.267. The Balaban J connectivity index is 1.50. The van der Waals surface area contributed by atoms with Crippen molar-refractivity contribution in [2.45, 2.75) is 19.2 Å². The van der Waals surface area contributed by atoms with Crippen LogP contribution in [0.25, 0.3) is 0 Å². The zero-order valence-electron chi connectivity index (χ0n) is 11.2. The van der Waals surface area contributed by atoms with Crippen LogP contribution in [0.15, 0.2) is 36.8 Å². The summed E-state index contributed by atoms with van der Waals surface area (Å²) in [6, 6.07) is 7.37. The van der Waals surface area contributed by atoms with E-state index in [1.165, 1.54) is 6.33 Å². The molecule has 0 fully saturated rings. The molecule has 0 unspecified atom stereocenters. The van der Waals surface area contributed by atoms with E-state index in [1.807, 2.05) is 18.2 Å². The molecule has 0 aliphatic carbocycles. The molecule has 106 valence electrons. The molecule has 2 aromatic rings. The van der Waals surface area contributed by atoms with Crippen LogP contribution in [-0.2, 0) is 17.9 Å². The number of rotatable bonds is 1. The molecule has 0 spiro atoms. The first-order chi connectivity index (χ1) is 10.3. The number of nitrogens with zero attached hydrogens (tertiary/aromatic N) is 3. The molecule has 21 heavy (non-hydrogen) atoms. The zero-order valence-corrected chi connectivity index (χ0v) is 11.2. The normalized spacial score (nSPS) is 19.2. The Bertz CT molecular complexity index is 679. The average Bonchev–Trinajstić information content (AvgIpc) is 2.97. The summed E-state index contributed by atoms with van der Waals surface area (Å²) < 4.78 is 11.3. The van der Waals surface area contributed by atoms with Crippen LogP contribution >= 0.6 is 0 Å². The summed E-state index contributed by atoms with van der Waals surface area (Å²) in [5.41, 5.74) is 1.89. The number of carbonyl (C=O) groups excluding carboxylic acids is 1. The number of para-hydroxylation sites is 2. The van der Waals surface area contributed by atoms with Crippen molar-refractivity contribution in [3.63, 3.8) is 0 Å². The number of hydrogen-bond donors (Lipinski definition) is 0. The zero-order chi connectivity index (χ0) is 14.2. The quantitative estimate of drug-likeness (QED) is 0.785. The van der Waals surface area contributed by atoms with Crippen LogP contribution < -0.4 is 9.47 Å². The van der Waals surface area contributed by atoms with Gasteiger partial charge in [-0.25, -0.2) is 9.97 Å². The van der Waals surface area contributed by atoms with Gasteiger partial charge in [0, 0.05) is 18.3 Å². The van der Waals surface area contributed by atoms with Gasteiger partial charge in [0.1, 0.15) is 12.9 Å². The number of amides is 1. The molecular formula is C15H13N3O3. The predicted octanol–water partition coefficient (Wildman–Crippen LogP) is 1.16. The fourth-order valence-corrected chi connectivity index (χ4v) is 2.60. The Labute approximate surface area is 121 Å². The van der Waals surface area contributed by atoms with Crippen LogP contribution in [-0.4, -0.2) is 33.5 Å². The Morgan fingerprint density at radius 3 is 2.95 bits per heavy atom. The molecule has 0 radical (unpaired) electrons. The van der Waals surface area contributed by atoms with Crippen LogP contribution in [0.3, 0.4) is 0 Å². The Morgan fingerprint density at radius 1 is 1.24 bits per heavy atom. The van der Waals surface area contributed by atoms with Gasteiger partial charge in [-0.1, -0.05) is 12.1 Å². The summed E-state index contributed by atoms with van der Waals surface area (Å²) in [7, 11) is 0. The minimum atomic E-state index is -0.609. The van der Waals surface area contributed by atoms with E-state index in [-0.39, 0.29) is 12.5 Å². The van der Waals surface area contributed by atoms with Crippen molar-refractivity contribution >= 4 is 5.91 Å². The fourth-order valence-electron chi connectivity index (χ4n) is 2.60. The highest BCUT2D eigenvalue weighted by Gasteiger charge is 2.34. The van der Waals surface area contributed by atoms with Crippen molar-refractivity contribution in [3.8, 4) is 11.5 Å². The van der Waals surface area contributed by atoms with Crippen molar-refractivity contribution in [2.75, 3.05) is 6.61 Å². The van der Waals surface area contributed by atoms with Gasteiger partial charge in [0.05, 0.1) is 12.2 Å². The lowest BCUT2D eigenvalue weighted by molar-refractivity contribution is -0.141. The highest BCUT2D eigenvalue weighted by Crippen LogP contribution is 2.32. The van der Waals surface area contributed by atoms with E-state index in [1.54, 1.807) is 17.2 Å². The maximum Gasteiger partial charge on any atom is 0.267 e. The summed E-state index contributed by atoms with van der Waals surface area (Å²) >= 11 is 0. The number of fused-ring (bicyclic) bond motifs is 2. The summed E-state index contributed by atoms with van der Waals surface area (Å²) in [4.78, 5) is 22.5. The molecule has 2 aliphatic heterocycles. The SMILES string of the molecule is O=C([C@@H]1COc2ccccc2O1)N1Cc2cncnc2C1. The lowest BCUT2D eigenvalue weighted by atomic mass is 10.2. The molecule has 4 rings (SSSR count). The molecule has 0 bridgehead atoms. The van der Waals surface area contributed by atoms with Crippen molar-refractivity contribution in [2.24, 2.45) is 0 Å². The molecule has 0 N–H and O–H groups in total. The van der Waals surface area contributed by atoms with Crippen LogP contribution in [0.1, 0.15) is 11.3 Å². The van der Waals surface area contributed by atoms with Crippen molar-refractivity contribution in [3.05, 3.63) is 48.0 Å². The molecular weight excluding hydrogens is 270 g/mol. The summed E-state index contributed by atoms with van der Waals surface area (Å²) in [5.74, 6) is 1.21. The molecule has 1 aromatic heterocycles. The van der Waals surface area contributed by atoms with Crippen molar-refractivity contribution in [1.82, 2.24) is 14.9 Å². The second kappa shape index (κ2) is 4.73. The average molecular weight is 283 g/mol. The van der Waals surface area contributed by atoms with Crippen LogP contribution in [0.2, 0.25) is 0 Å². The van der Waals surface area contributed by atoms with Gasteiger partial charge < -0.3 is 14.4 Å². The second-order valence-corrected chi connectivity index (χ2v) is 5.05.